The van der Waals surface area contributed by atoms with Crippen LogP contribution in [0, 0.1) is 5.82 Å². The van der Waals surface area contributed by atoms with E-state index < -0.39 is 0 Å². The van der Waals surface area contributed by atoms with Gasteiger partial charge in [0.2, 0.25) is 0 Å². The summed E-state index contributed by atoms with van der Waals surface area (Å²) in [4.78, 5) is 2.49. The molecule has 1 saturated carbocycles. The van der Waals surface area contributed by atoms with Crippen molar-refractivity contribution >= 4 is 0 Å². The van der Waals surface area contributed by atoms with Crippen LogP contribution in [0.2, 0.25) is 0 Å². The summed E-state index contributed by atoms with van der Waals surface area (Å²) in [5, 5.41) is 3.70. The van der Waals surface area contributed by atoms with Crippen molar-refractivity contribution in [3.05, 3.63) is 35.6 Å². The molecule has 1 heterocycles. The van der Waals surface area contributed by atoms with E-state index in [2.05, 4.69) is 23.3 Å². The summed E-state index contributed by atoms with van der Waals surface area (Å²) in [6, 6.07) is 8.42. The number of halogens is 1. The normalized spacial score (nSPS) is 31.0. The van der Waals surface area contributed by atoms with Crippen LogP contribution in [0.1, 0.15) is 43.6 Å². The van der Waals surface area contributed by atoms with E-state index in [4.69, 9.17) is 0 Å². The maximum absolute atomic E-state index is 13.2. The van der Waals surface area contributed by atoms with E-state index in [-0.39, 0.29) is 5.82 Å². The Labute approximate surface area is 121 Å². The van der Waals surface area contributed by atoms with Gasteiger partial charge in [0.15, 0.2) is 0 Å². The first-order valence-corrected chi connectivity index (χ1v) is 7.91. The van der Waals surface area contributed by atoms with E-state index in [1.54, 1.807) is 6.07 Å². The number of likely N-dealkylation sites (tertiary alicyclic amines) is 1. The molecule has 0 aromatic heterocycles. The van der Waals surface area contributed by atoms with Crippen LogP contribution in [0.3, 0.4) is 0 Å². The van der Waals surface area contributed by atoms with E-state index in [0.717, 1.165) is 24.9 Å². The molecule has 2 fully saturated rings. The van der Waals surface area contributed by atoms with Crippen LogP contribution in [0.25, 0.3) is 0 Å². The van der Waals surface area contributed by atoms with Crippen molar-refractivity contribution in [1.29, 1.82) is 0 Å². The number of benzene rings is 1. The van der Waals surface area contributed by atoms with Crippen LogP contribution in [0.15, 0.2) is 24.3 Å². The molecule has 110 valence electrons. The van der Waals surface area contributed by atoms with Crippen LogP contribution in [0.4, 0.5) is 4.39 Å². The Kier molecular flexibility index (Phi) is 4.37. The smallest absolute Gasteiger partial charge is 0.123 e. The predicted molar refractivity (Wildman–Crippen MR) is 80.4 cm³/mol. The first-order valence-electron chi connectivity index (χ1n) is 7.91. The summed E-state index contributed by atoms with van der Waals surface area (Å²) in [5.74, 6) is 0.440. The number of piperidine rings is 1. The first kappa shape index (κ1) is 14.0. The van der Waals surface area contributed by atoms with Gasteiger partial charge in [-0.15, -0.1) is 0 Å². The predicted octanol–water partition coefficient (Wildman–Crippen LogP) is 3.15. The highest BCUT2D eigenvalue weighted by molar-refractivity contribution is 5.23. The minimum atomic E-state index is -0.109. The number of nitrogens with zero attached hydrogens (tertiary/aromatic N) is 1. The van der Waals surface area contributed by atoms with E-state index in [9.17, 15) is 4.39 Å². The minimum Gasteiger partial charge on any atom is -0.312 e. The van der Waals surface area contributed by atoms with Crippen LogP contribution in [0.5, 0.6) is 0 Å². The van der Waals surface area contributed by atoms with Crippen molar-refractivity contribution in [3.8, 4) is 0 Å². The molecule has 3 heteroatoms. The minimum absolute atomic E-state index is 0.109. The summed E-state index contributed by atoms with van der Waals surface area (Å²) in [7, 11) is 2.24. The average Bonchev–Trinajstić information content (AvgIpc) is 2.39. The van der Waals surface area contributed by atoms with Crippen molar-refractivity contribution in [2.24, 2.45) is 0 Å². The Morgan fingerprint density at radius 3 is 2.90 bits per heavy atom. The first-order chi connectivity index (χ1) is 9.72. The fraction of sp³-hybridized carbons (Fsp3) is 0.647. The molecule has 1 N–H and O–H groups in total. The molecule has 1 aromatic rings. The third-order valence-corrected chi connectivity index (χ3v) is 5.02. The van der Waals surface area contributed by atoms with Gasteiger partial charge in [-0.25, -0.2) is 4.39 Å². The van der Waals surface area contributed by atoms with Crippen LogP contribution < -0.4 is 5.32 Å². The van der Waals surface area contributed by atoms with E-state index in [0.29, 0.717) is 18.0 Å². The summed E-state index contributed by atoms with van der Waals surface area (Å²) in [5.41, 5.74) is 1.16. The summed E-state index contributed by atoms with van der Waals surface area (Å²) in [6.45, 7) is 2.35. The lowest BCUT2D eigenvalue weighted by Gasteiger charge is -2.39. The molecule has 0 radical (unpaired) electrons. The standard InChI is InChI=1S/C17H25FN2/c1-20-8-3-2-7-17(20)12-19-16-10-14(11-16)13-5-4-6-15(18)9-13/h4-6,9,14,16-17,19H,2-3,7-8,10-12H2,1H3. The lowest BCUT2D eigenvalue weighted by atomic mass is 9.76. The zero-order valence-electron chi connectivity index (χ0n) is 12.3. The van der Waals surface area contributed by atoms with Gasteiger partial charge < -0.3 is 10.2 Å². The number of nitrogens with one attached hydrogen (secondary N) is 1. The van der Waals surface area contributed by atoms with Crippen molar-refractivity contribution in [3.63, 3.8) is 0 Å². The molecule has 1 saturated heterocycles. The number of hydrogen-bond acceptors (Lipinski definition) is 2. The molecule has 0 amide bonds. The highest BCUT2D eigenvalue weighted by Gasteiger charge is 2.31. The molecular formula is C17H25FN2. The molecule has 0 bridgehead atoms. The lowest BCUT2D eigenvalue weighted by Crippen LogP contribution is -2.48. The van der Waals surface area contributed by atoms with E-state index >= 15 is 0 Å². The van der Waals surface area contributed by atoms with Gasteiger partial charge in [0.25, 0.3) is 0 Å². The Hall–Kier alpha value is -0.930. The van der Waals surface area contributed by atoms with Crippen molar-refractivity contribution < 1.29 is 4.39 Å². The SMILES string of the molecule is CN1CCCCC1CNC1CC(c2cccc(F)c2)C1. The number of rotatable bonds is 4. The maximum atomic E-state index is 13.2. The molecule has 1 aliphatic carbocycles. The fourth-order valence-corrected chi connectivity index (χ4v) is 3.52. The third-order valence-electron chi connectivity index (χ3n) is 5.02. The third kappa shape index (κ3) is 3.21. The topological polar surface area (TPSA) is 15.3 Å². The highest BCUT2D eigenvalue weighted by Crippen LogP contribution is 2.37. The second kappa shape index (κ2) is 6.23. The molecule has 3 rings (SSSR count). The fourth-order valence-electron chi connectivity index (χ4n) is 3.52. The molecule has 0 spiro atoms. The lowest BCUT2D eigenvalue weighted by molar-refractivity contribution is 0.166. The Balaban J connectivity index is 1.42. The van der Waals surface area contributed by atoms with E-state index in [1.165, 1.54) is 31.9 Å². The Morgan fingerprint density at radius 2 is 2.15 bits per heavy atom. The van der Waals surface area contributed by atoms with Crippen LogP contribution in [-0.4, -0.2) is 37.1 Å². The second-order valence-electron chi connectivity index (χ2n) is 6.46. The van der Waals surface area contributed by atoms with Gasteiger partial charge in [-0.1, -0.05) is 18.6 Å². The zero-order chi connectivity index (χ0) is 13.9. The summed E-state index contributed by atoms with van der Waals surface area (Å²) >= 11 is 0. The average molecular weight is 276 g/mol. The van der Waals surface area contributed by atoms with Crippen LogP contribution >= 0.6 is 0 Å². The molecule has 2 nitrogen and oxygen atoms in total. The second-order valence-corrected chi connectivity index (χ2v) is 6.46. The summed E-state index contributed by atoms with van der Waals surface area (Å²) in [6.07, 6.45) is 6.34. The quantitative estimate of drug-likeness (QED) is 0.909. The van der Waals surface area contributed by atoms with Gasteiger partial charge in [-0.3, -0.25) is 0 Å². The van der Waals surface area contributed by atoms with Gasteiger partial charge in [-0.2, -0.15) is 0 Å². The maximum Gasteiger partial charge on any atom is 0.123 e. The number of hydrogen-bond donors (Lipinski definition) is 1. The van der Waals surface area contributed by atoms with Crippen molar-refractivity contribution in [2.75, 3.05) is 20.1 Å². The van der Waals surface area contributed by atoms with E-state index in [1.807, 2.05) is 6.07 Å². The Morgan fingerprint density at radius 1 is 1.30 bits per heavy atom. The van der Waals surface area contributed by atoms with Gasteiger partial charge in [0, 0.05) is 18.6 Å². The van der Waals surface area contributed by atoms with Crippen molar-refractivity contribution in [1.82, 2.24) is 10.2 Å². The van der Waals surface area contributed by atoms with Gasteiger partial charge in [-0.05, 0) is 62.9 Å². The monoisotopic (exact) mass is 276 g/mol. The number of likely N-dealkylation sites (N-methyl/N-ethyl adjacent to an activating group) is 1. The molecule has 2 aliphatic rings. The van der Waals surface area contributed by atoms with Crippen molar-refractivity contribution in [2.45, 2.75) is 50.1 Å². The molecule has 1 atom stereocenters. The Bertz CT molecular complexity index is 442. The molecular weight excluding hydrogens is 251 g/mol. The largest absolute Gasteiger partial charge is 0.312 e. The van der Waals surface area contributed by atoms with Gasteiger partial charge >= 0.3 is 0 Å². The summed E-state index contributed by atoms with van der Waals surface area (Å²) < 4.78 is 13.2. The zero-order valence-corrected chi connectivity index (χ0v) is 12.3. The van der Waals surface area contributed by atoms with Gasteiger partial charge in [0.1, 0.15) is 5.82 Å². The van der Waals surface area contributed by atoms with Crippen LogP contribution in [-0.2, 0) is 0 Å². The molecule has 1 aliphatic heterocycles. The molecule has 1 unspecified atom stereocenters. The molecule has 20 heavy (non-hydrogen) atoms. The molecule has 1 aromatic carbocycles. The highest BCUT2D eigenvalue weighted by atomic mass is 19.1. The van der Waals surface area contributed by atoms with Gasteiger partial charge in [0.05, 0.1) is 0 Å².